The molecule has 1 aliphatic rings. The van der Waals surface area contributed by atoms with E-state index in [0.717, 1.165) is 11.4 Å². The molecule has 0 amide bonds. The Morgan fingerprint density at radius 1 is 1.24 bits per heavy atom. The molecule has 3 rings (SSSR count). The van der Waals surface area contributed by atoms with Gasteiger partial charge in [-0.2, -0.15) is 0 Å². The first-order valence-corrected chi connectivity index (χ1v) is 8.59. The van der Waals surface area contributed by atoms with Crippen LogP contribution < -0.4 is 21.1 Å². The molecule has 5 heteroatoms. The number of aliphatic hydroxyl groups excluding tert-OH is 1. The molecule has 1 heterocycles. The summed E-state index contributed by atoms with van der Waals surface area (Å²) in [6.45, 7) is 6.06. The van der Waals surface area contributed by atoms with Crippen LogP contribution in [0, 0.1) is 0 Å². The number of fused-ring (bicyclic) bond motifs is 1. The maximum atomic E-state index is 12.1. The van der Waals surface area contributed by atoms with Gasteiger partial charge in [-0.15, -0.1) is 0 Å². The number of benzene rings is 1. The average molecular weight is 340 g/mol. The number of aliphatic hydroxyl groups is 1. The number of likely N-dealkylation sites (N-methyl/N-ethyl adjacent to an activating group) is 1. The van der Waals surface area contributed by atoms with Gasteiger partial charge in [-0.05, 0) is 24.1 Å². The van der Waals surface area contributed by atoms with E-state index in [1.54, 1.807) is 0 Å². The molecule has 0 aliphatic carbocycles. The van der Waals surface area contributed by atoms with Crippen molar-refractivity contribution in [3.8, 4) is 0 Å². The van der Waals surface area contributed by atoms with Crippen molar-refractivity contribution in [1.82, 2.24) is 0 Å². The normalized spacial score (nSPS) is 18.6. The van der Waals surface area contributed by atoms with E-state index < -0.39 is 10.9 Å². The van der Waals surface area contributed by atoms with Gasteiger partial charge in [0, 0.05) is 29.9 Å². The number of nitrogens with zero attached hydrogens (tertiary/aromatic N) is 1. The van der Waals surface area contributed by atoms with E-state index in [4.69, 9.17) is 0 Å². The summed E-state index contributed by atoms with van der Waals surface area (Å²) in [5, 5.41) is 12.4. The molecule has 2 aromatic rings. The zero-order valence-electron chi connectivity index (χ0n) is 15.1. The largest absolute Gasteiger partial charge is 0.394 e. The zero-order valence-corrected chi connectivity index (χ0v) is 15.1. The molecule has 0 unspecified atom stereocenters. The van der Waals surface area contributed by atoms with Crippen molar-refractivity contribution in [3.63, 3.8) is 0 Å². The molecule has 2 N–H and O–H groups in total. The third kappa shape index (κ3) is 2.59. The Morgan fingerprint density at radius 2 is 1.92 bits per heavy atom. The van der Waals surface area contributed by atoms with Crippen LogP contribution in [0.25, 0.3) is 6.08 Å². The summed E-state index contributed by atoms with van der Waals surface area (Å²) < 4.78 is 0. The predicted molar refractivity (Wildman–Crippen MR) is 102 cm³/mol. The van der Waals surface area contributed by atoms with Gasteiger partial charge < -0.3 is 15.3 Å². The molecule has 0 saturated carbocycles. The minimum atomic E-state index is -0.505. The third-order valence-electron chi connectivity index (χ3n) is 5.23. The van der Waals surface area contributed by atoms with Crippen molar-refractivity contribution in [3.05, 3.63) is 61.5 Å². The molecular formula is C20H24N2O3. The molecule has 0 fully saturated rings. The molecule has 1 atom stereocenters. The Hall–Kier alpha value is -2.40. The van der Waals surface area contributed by atoms with Gasteiger partial charge in [0.15, 0.2) is 0 Å². The molecule has 2 aromatic carbocycles. The Morgan fingerprint density at radius 3 is 2.52 bits per heavy atom. The number of rotatable bonds is 5. The highest BCUT2D eigenvalue weighted by atomic mass is 16.3. The van der Waals surface area contributed by atoms with Gasteiger partial charge in [0.1, 0.15) is 0 Å². The van der Waals surface area contributed by atoms with Crippen LogP contribution in [0.2, 0.25) is 0 Å². The zero-order chi connectivity index (χ0) is 18.4. The number of hydrogen-bond donors (Lipinski definition) is 2. The molecule has 25 heavy (non-hydrogen) atoms. The molecule has 0 saturated heterocycles. The molecule has 0 bridgehead atoms. The van der Waals surface area contributed by atoms with E-state index in [-0.39, 0.29) is 18.1 Å². The van der Waals surface area contributed by atoms with Crippen LogP contribution in [-0.2, 0) is 5.41 Å². The average Bonchev–Trinajstić information content (AvgIpc) is 2.81. The molecule has 5 nitrogen and oxygen atoms in total. The lowest BCUT2D eigenvalue weighted by molar-refractivity contribution is 0.271. The number of hydrogen-bond acceptors (Lipinski definition) is 5. The van der Waals surface area contributed by atoms with E-state index in [1.807, 2.05) is 32.2 Å². The molecular weight excluding hydrogens is 316 g/mol. The summed E-state index contributed by atoms with van der Waals surface area (Å²) in [5.74, 6) is 0. The fraction of sp³-hybridized carbons (Fsp3) is 0.400. The SMILES string of the molecule is CC[C@H](CO)Nc1c(/C=C2\N(C)c3ccccc3C2(C)C)c(=O)c1=O. The molecule has 0 aromatic heterocycles. The minimum Gasteiger partial charge on any atom is -0.394 e. The second-order valence-corrected chi connectivity index (χ2v) is 7.11. The van der Waals surface area contributed by atoms with Crippen LogP contribution in [0.1, 0.15) is 38.3 Å². The van der Waals surface area contributed by atoms with Crippen LogP contribution in [0.15, 0.2) is 39.6 Å². The van der Waals surface area contributed by atoms with Crippen LogP contribution in [0.4, 0.5) is 11.4 Å². The summed E-state index contributed by atoms with van der Waals surface area (Å²) in [5.41, 5.74) is 2.76. The first kappa shape index (κ1) is 17.4. The van der Waals surface area contributed by atoms with Crippen LogP contribution in [-0.4, -0.2) is 24.8 Å². The predicted octanol–water partition coefficient (Wildman–Crippen LogP) is 2.23. The van der Waals surface area contributed by atoms with Crippen molar-refractivity contribution < 1.29 is 5.11 Å². The van der Waals surface area contributed by atoms with Gasteiger partial charge in [0.05, 0.1) is 17.9 Å². The second-order valence-electron chi connectivity index (χ2n) is 7.11. The highest BCUT2D eigenvalue weighted by molar-refractivity contribution is 5.80. The molecule has 1 aliphatic heterocycles. The van der Waals surface area contributed by atoms with E-state index in [2.05, 4.69) is 36.2 Å². The van der Waals surface area contributed by atoms with Gasteiger partial charge in [-0.1, -0.05) is 39.0 Å². The number of nitrogens with one attached hydrogen (secondary N) is 1. The van der Waals surface area contributed by atoms with Crippen molar-refractivity contribution in [1.29, 1.82) is 0 Å². The second kappa shape index (κ2) is 6.15. The summed E-state index contributed by atoms with van der Waals surface area (Å²) in [7, 11) is 1.97. The van der Waals surface area contributed by atoms with Crippen LogP contribution in [0.5, 0.6) is 0 Å². The van der Waals surface area contributed by atoms with E-state index in [9.17, 15) is 14.7 Å². The Balaban J connectivity index is 2.04. The van der Waals surface area contributed by atoms with Gasteiger partial charge in [0.25, 0.3) is 0 Å². The number of allylic oxidation sites excluding steroid dienone is 1. The lowest BCUT2D eigenvalue weighted by Crippen LogP contribution is -2.40. The van der Waals surface area contributed by atoms with Gasteiger partial charge in [0.2, 0.25) is 10.9 Å². The quantitative estimate of drug-likeness (QED) is 0.817. The van der Waals surface area contributed by atoms with Crippen LogP contribution >= 0.6 is 0 Å². The Kier molecular flexibility index (Phi) is 4.29. The van der Waals surface area contributed by atoms with E-state index >= 15 is 0 Å². The van der Waals surface area contributed by atoms with E-state index in [0.29, 0.717) is 17.7 Å². The fourth-order valence-corrected chi connectivity index (χ4v) is 3.57. The Bertz CT molecular complexity index is 900. The van der Waals surface area contributed by atoms with Gasteiger partial charge in [-0.3, -0.25) is 9.59 Å². The first-order chi connectivity index (χ1) is 11.8. The van der Waals surface area contributed by atoms with Crippen molar-refractivity contribution in [2.24, 2.45) is 0 Å². The van der Waals surface area contributed by atoms with Crippen molar-refractivity contribution in [2.45, 2.75) is 38.6 Å². The maximum Gasteiger partial charge on any atom is 0.250 e. The summed E-state index contributed by atoms with van der Waals surface area (Å²) in [6, 6.07) is 7.91. The monoisotopic (exact) mass is 340 g/mol. The molecule has 0 spiro atoms. The molecule has 132 valence electrons. The standard InChI is InChI=1S/C20H24N2O3/c1-5-12(11-23)21-17-13(18(24)19(17)25)10-16-20(2,3)14-8-6-7-9-15(14)22(16)4/h6-10,12,21,23H,5,11H2,1-4H3/b16-10-/t12-/m1/s1. The molecule has 0 radical (unpaired) electrons. The third-order valence-corrected chi connectivity index (χ3v) is 5.23. The maximum absolute atomic E-state index is 12.1. The highest BCUT2D eigenvalue weighted by Crippen LogP contribution is 2.47. The minimum absolute atomic E-state index is 0.0812. The van der Waals surface area contributed by atoms with Gasteiger partial charge >= 0.3 is 0 Å². The van der Waals surface area contributed by atoms with Crippen LogP contribution in [0.3, 0.4) is 0 Å². The Labute approximate surface area is 147 Å². The lowest BCUT2D eigenvalue weighted by atomic mass is 9.83. The summed E-state index contributed by atoms with van der Waals surface area (Å²) in [4.78, 5) is 26.2. The lowest BCUT2D eigenvalue weighted by Gasteiger charge is -2.25. The smallest absolute Gasteiger partial charge is 0.250 e. The fourth-order valence-electron chi connectivity index (χ4n) is 3.57. The van der Waals surface area contributed by atoms with Crippen molar-refractivity contribution in [2.75, 3.05) is 23.9 Å². The highest BCUT2D eigenvalue weighted by Gasteiger charge is 2.39. The first-order valence-electron chi connectivity index (χ1n) is 8.59. The number of anilines is 2. The summed E-state index contributed by atoms with van der Waals surface area (Å²) >= 11 is 0. The summed E-state index contributed by atoms with van der Waals surface area (Å²) in [6.07, 6.45) is 2.48. The topological polar surface area (TPSA) is 69.6 Å². The van der Waals surface area contributed by atoms with E-state index in [1.165, 1.54) is 5.56 Å². The van der Waals surface area contributed by atoms with Gasteiger partial charge in [-0.25, -0.2) is 0 Å². The van der Waals surface area contributed by atoms with Crippen molar-refractivity contribution >= 4 is 17.5 Å². The number of para-hydroxylation sites is 1.